The van der Waals surface area contributed by atoms with Crippen molar-refractivity contribution in [1.29, 1.82) is 0 Å². The molecule has 0 fully saturated rings. The van der Waals surface area contributed by atoms with Gasteiger partial charge in [-0.1, -0.05) is 11.6 Å². The van der Waals surface area contributed by atoms with Gasteiger partial charge in [0.2, 0.25) is 0 Å². The molecule has 5 heteroatoms. The molecule has 0 spiro atoms. The number of aromatic amines is 1. The first-order chi connectivity index (χ1) is 8.25. The Bertz CT molecular complexity index is 467. The highest BCUT2D eigenvalue weighted by molar-refractivity contribution is 6.33. The van der Waals surface area contributed by atoms with E-state index in [1.54, 1.807) is 12.3 Å². The highest BCUT2D eigenvalue weighted by atomic mass is 35.5. The Balaban J connectivity index is 1.78. The number of hydrogen-bond donors (Lipinski definition) is 3. The molecule has 0 radical (unpaired) electrons. The average molecular weight is 251 g/mol. The molecule has 1 heterocycles. The molecule has 0 atom stereocenters. The van der Waals surface area contributed by atoms with Crippen molar-refractivity contribution in [2.24, 2.45) is 0 Å². The summed E-state index contributed by atoms with van der Waals surface area (Å²) in [7, 11) is 0. The summed E-state index contributed by atoms with van der Waals surface area (Å²) in [5.74, 6) is 1.01. The van der Waals surface area contributed by atoms with Crippen LogP contribution in [0.25, 0.3) is 0 Å². The highest BCUT2D eigenvalue weighted by Crippen LogP contribution is 2.23. The van der Waals surface area contributed by atoms with Gasteiger partial charge in [-0.2, -0.15) is 0 Å². The van der Waals surface area contributed by atoms with Crippen LogP contribution in [0, 0.1) is 0 Å². The number of aryl methyl sites for hydroxylation is 1. The number of halogens is 1. The van der Waals surface area contributed by atoms with Crippen molar-refractivity contribution in [3.8, 4) is 0 Å². The molecule has 1 aromatic heterocycles. The predicted molar refractivity (Wildman–Crippen MR) is 71.3 cm³/mol. The Morgan fingerprint density at radius 3 is 3.00 bits per heavy atom. The molecule has 0 saturated heterocycles. The number of benzene rings is 1. The molecule has 17 heavy (non-hydrogen) atoms. The SMILES string of the molecule is Nc1ccc(NCCCc2ncc[nH]2)c(Cl)c1. The molecular formula is C12H15ClN4. The van der Waals surface area contributed by atoms with Crippen LogP contribution in [0.5, 0.6) is 0 Å². The molecule has 0 bridgehead atoms. The summed E-state index contributed by atoms with van der Waals surface area (Å²) < 4.78 is 0. The van der Waals surface area contributed by atoms with E-state index in [1.165, 1.54) is 0 Å². The maximum Gasteiger partial charge on any atom is 0.106 e. The zero-order valence-electron chi connectivity index (χ0n) is 9.41. The van der Waals surface area contributed by atoms with Gasteiger partial charge >= 0.3 is 0 Å². The zero-order chi connectivity index (χ0) is 12.1. The molecular weight excluding hydrogens is 236 g/mol. The van der Waals surface area contributed by atoms with Gasteiger partial charge in [0.15, 0.2) is 0 Å². The Kier molecular flexibility index (Phi) is 3.88. The van der Waals surface area contributed by atoms with Gasteiger partial charge in [0.1, 0.15) is 5.82 Å². The van der Waals surface area contributed by atoms with Crippen molar-refractivity contribution in [2.75, 3.05) is 17.6 Å². The second-order valence-corrected chi connectivity index (χ2v) is 4.21. The Morgan fingerprint density at radius 1 is 1.41 bits per heavy atom. The summed E-state index contributed by atoms with van der Waals surface area (Å²) in [5, 5.41) is 3.93. The fraction of sp³-hybridized carbons (Fsp3) is 0.250. The van der Waals surface area contributed by atoms with E-state index in [0.717, 1.165) is 30.9 Å². The van der Waals surface area contributed by atoms with Crippen LogP contribution in [0.4, 0.5) is 11.4 Å². The lowest BCUT2D eigenvalue weighted by atomic mass is 10.2. The summed E-state index contributed by atoms with van der Waals surface area (Å²) in [5.41, 5.74) is 7.22. The number of nitrogens with two attached hydrogens (primary N) is 1. The maximum atomic E-state index is 6.05. The first-order valence-corrected chi connectivity index (χ1v) is 5.90. The minimum Gasteiger partial charge on any atom is -0.399 e. The van der Waals surface area contributed by atoms with Crippen LogP contribution in [-0.2, 0) is 6.42 Å². The van der Waals surface area contributed by atoms with Crippen LogP contribution < -0.4 is 11.1 Å². The molecule has 0 saturated carbocycles. The smallest absolute Gasteiger partial charge is 0.106 e. The molecule has 4 nitrogen and oxygen atoms in total. The summed E-state index contributed by atoms with van der Waals surface area (Å²) in [6, 6.07) is 5.47. The van der Waals surface area contributed by atoms with Crippen LogP contribution in [-0.4, -0.2) is 16.5 Å². The predicted octanol–water partition coefficient (Wildman–Crippen LogP) is 2.69. The molecule has 4 N–H and O–H groups in total. The van der Waals surface area contributed by atoms with Crippen molar-refractivity contribution in [3.63, 3.8) is 0 Å². The number of nitrogens with zero attached hydrogens (tertiary/aromatic N) is 1. The van der Waals surface area contributed by atoms with Crippen molar-refractivity contribution in [2.45, 2.75) is 12.8 Å². The first-order valence-electron chi connectivity index (χ1n) is 5.53. The van der Waals surface area contributed by atoms with E-state index in [2.05, 4.69) is 15.3 Å². The monoisotopic (exact) mass is 250 g/mol. The van der Waals surface area contributed by atoms with Gasteiger partial charge in [-0.05, 0) is 24.6 Å². The standard InChI is InChI=1S/C12H15ClN4/c13-10-8-9(14)3-4-11(10)15-5-1-2-12-16-6-7-17-12/h3-4,6-8,15H,1-2,5,14H2,(H,16,17). The third-order valence-corrected chi connectivity index (χ3v) is 2.77. The van der Waals surface area contributed by atoms with Gasteiger partial charge in [-0.25, -0.2) is 4.98 Å². The van der Waals surface area contributed by atoms with Crippen LogP contribution in [0.2, 0.25) is 5.02 Å². The van der Waals surface area contributed by atoms with Gasteiger partial charge in [-0.3, -0.25) is 0 Å². The van der Waals surface area contributed by atoms with E-state index in [4.69, 9.17) is 17.3 Å². The molecule has 90 valence electrons. The second kappa shape index (κ2) is 5.59. The lowest BCUT2D eigenvalue weighted by Crippen LogP contribution is -2.04. The number of nitrogens with one attached hydrogen (secondary N) is 2. The molecule has 0 amide bonds. The van der Waals surface area contributed by atoms with Crippen molar-refractivity contribution >= 4 is 23.0 Å². The maximum absolute atomic E-state index is 6.05. The van der Waals surface area contributed by atoms with Crippen molar-refractivity contribution in [3.05, 3.63) is 41.4 Å². The van der Waals surface area contributed by atoms with Gasteiger partial charge in [-0.15, -0.1) is 0 Å². The van der Waals surface area contributed by atoms with E-state index in [-0.39, 0.29) is 0 Å². The van der Waals surface area contributed by atoms with Gasteiger partial charge in [0.25, 0.3) is 0 Å². The molecule has 1 aromatic carbocycles. The average Bonchev–Trinajstić information content (AvgIpc) is 2.79. The van der Waals surface area contributed by atoms with Crippen LogP contribution >= 0.6 is 11.6 Å². The highest BCUT2D eigenvalue weighted by Gasteiger charge is 2.00. The van der Waals surface area contributed by atoms with Crippen LogP contribution in [0.3, 0.4) is 0 Å². The Hall–Kier alpha value is -1.68. The van der Waals surface area contributed by atoms with Crippen molar-refractivity contribution in [1.82, 2.24) is 9.97 Å². The minimum absolute atomic E-state index is 0.656. The number of H-pyrrole nitrogens is 1. The van der Waals surface area contributed by atoms with Crippen molar-refractivity contribution < 1.29 is 0 Å². The number of rotatable bonds is 5. The fourth-order valence-electron chi connectivity index (χ4n) is 1.59. The van der Waals surface area contributed by atoms with Crippen LogP contribution in [0.1, 0.15) is 12.2 Å². The second-order valence-electron chi connectivity index (χ2n) is 3.81. The topological polar surface area (TPSA) is 66.7 Å². The number of imidazole rings is 1. The third kappa shape index (κ3) is 3.39. The number of anilines is 2. The number of hydrogen-bond acceptors (Lipinski definition) is 3. The number of aromatic nitrogens is 2. The van der Waals surface area contributed by atoms with Gasteiger partial charge in [0.05, 0.1) is 10.7 Å². The minimum atomic E-state index is 0.656. The zero-order valence-corrected chi connectivity index (χ0v) is 10.2. The van der Waals surface area contributed by atoms with Gasteiger partial charge < -0.3 is 16.0 Å². The van der Waals surface area contributed by atoms with E-state index in [1.807, 2.05) is 18.3 Å². The molecule has 0 aliphatic heterocycles. The fourth-order valence-corrected chi connectivity index (χ4v) is 1.84. The van der Waals surface area contributed by atoms with E-state index in [0.29, 0.717) is 10.7 Å². The molecule has 0 unspecified atom stereocenters. The van der Waals surface area contributed by atoms with E-state index < -0.39 is 0 Å². The van der Waals surface area contributed by atoms with Gasteiger partial charge in [0, 0.05) is 31.0 Å². The normalized spacial score (nSPS) is 10.4. The summed E-state index contributed by atoms with van der Waals surface area (Å²) in [6.07, 6.45) is 5.51. The van der Waals surface area contributed by atoms with E-state index >= 15 is 0 Å². The molecule has 0 aliphatic carbocycles. The summed E-state index contributed by atoms with van der Waals surface area (Å²) in [6.45, 7) is 0.852. The first kappa shape index (κ1) is 11.8. The lowest BCUT2D eigenvalue weighted by Gasteiger charge is -2.08. The largest absolute Gasteiger partial charge is 0.399 e. The molecule has 0 aliphatic rings. The summed E-state index contributed by atoms with van der Waals surface area (Å²) >= 11 is 6.05. The quantitative estimate of drug-likeness (QED) is 0.565. The Labute approximate surface area is 105 Å². The molecule has 2 aromatic rings. The molecule has 2 rings (SSSR count). The van der Waals surface area contributed by atoms with E-state index in [9.17, 15) is 0 Å². The Morgan fingerprint density at radius 2 is 2.29 bits per heavy atom. The third-order valence-electron chi connectivity index (χ3n) is 2.45. The number of nitrogen functional groups attached to an aromatic ring is 1. The summed E-state index contributed by atoms with van der Waals surface area (Å²) in [4.78, 5) is 7.24. The lowest BCUT2D eigenvalue weighted by molar-refractivity contribution is 0.816. The van der Waals surface area contributed by atoms with Crippen LogP contribution in [0.15, 0.2) is 30.6 Å².